The molecule has 1 rings (SSSR count). The average molecular weight is 200 g/mol. The molecule has 14 heavy (non-hydrogen) atoms. The summed E-state index contributed by atoms with van der Waals surface area (Å²) in [6.45, 7) is 7.65. The second kappa shape index (κ2) is 5.72. The summed E-state index contributed by atoms with van der Waals surface area (Å²) in [5.41, 5.74) is 0. The molecule has 1 N–H and O–H groups in total. The lowest BCUT2D eigenvalue weighted by molar-refractivity contribution is -0.0524. The standard InChI is InChI=1S/C12H24O2/c1-4-10-7-11(8-13)12(14-5-2)6-9(10)3/h9-13H,4-8H2,1-3H3. The van der Waals surface area contributed by atoms with Gasteiger partial charge in [0.25, 0.3) is 0 Å². The van der Waals surface area contributed by atoms with E-state index in [-0.39, 0.29) is 6.61 Å². The third-order valence-electron chi connectivity index (χ3n) is 3.68. The van der Waals surface area contributed by atoms with E-state index in [1.807, 2.05) is 6.92 Å². The van der Waals surface area contributed by atoms with Crippen molar-refractivity contribution in [2.45, 2.75) is 46.1 Å². The minimum absolute atomic E-state index is 0.286. The molecule has 2 heteroatoms. The Labute approximate surface area is 87.7 Å². The van der Waals surface area contributed by atoms with E-state index in [4.69, 9.17) is 4.74 Å². The highest BCUT2D eigenvalue weighted by Crippen LogP contribution is 2.36. The second-order valence-electron chi connectivity index (χ2n) is 4.55. The lowest BCUT2D eigenvalue weighted by atomic mass is 9.72. The summed E-state index contributed by atoms with van der Waals surface area (Å²) in [5, 5.41) is 9.31. The molecule has 0 aromatic rings. The molecule has 1 aliphatic carbocycles. The molecule has 1 fully saturated rings. The summed E-state index contributed by atoms with van der Waals surface area (Å²) in [7, 11) is 0. The van der Waals surface area contributed by atoms with E-state index in [0.717, 1.165) is 31.3 Å². The molecule has 4 atom stereocenters. The molecule has 84 valence electrons. The molecule has 0 spiro atoms. The Balaban J connectivity index is 2.53. The van der Waals surface area contributed by atoms with Gasteiger partial charge in [0.05, 0.1) is 6.10 Å². The van der Waals surface area contributed by atoms with Crippen LogP contribution in [0, 0.1) is 17.8 Å². The van der Waals surface area contributed by atoms with Crippen LogP contribution in [-0.2, 0) is 4.74 Å². The fraction of sp³-hybridized carbons (Fsp3) is 1.00. The quantitative estimate of drug-likeness (QED) is 0.755. The highest BCUT2D eigenvalue weighted by molar-refractivity contribution is 4.83. The zero-order valence-electron chi connectivity index (χ0n) is 9.70. The zero-order valence-corrected chi connectivity index (χ0v) is 9.70. The van der Waals surface area contributed by atoms with Gasteiger partial charge >= 0.3 is 0 Å². The summed E-state index contributed by atoms with van der Waals surface area (Å²) in [4.78, 5) is 0. The van der Waals surface area contributed by atoms with E-state index in [1.54, 1.807) is 0 Å². The predicted molar refractivity (Wildman–Crippen MR) is 58.2 cm³/mol. The van der Waals surface area contributed by atoms with Crippen molar-refractivity contribution in [3.63, 3.8) is 0 Å². The Hall–Kier alpha value is -0.0800. The lowest BCUT2D eigenvalue weighted by Gasteiger charge is -2.39. The maximum Gasteiger partial charge on any atom is 0.0627 e. The Bertz CT molecular complexity index is 158. The van der Waals surface area contributed by atoms with Crippen LogP contribution in [0.25, 0.3) is 0 Å². The number of hydrogen-bond acceptors (Lipinski definition) is 2. The molecule has 4 unspecified atom stereocenters. The minimum atomic E-state index is 0.286. The first-order chi connectivity index (χ1) is 6.72. The fourth-order valence-corrected chi connectivity index (χ4v) is 2.70. The second-order valence-corrected chi connectivity index (χ2v) is 4.55. The van der Waals surface area contributed by atoms with Crippen LogP contribution in [0.5, 0.6) is 0 Å². The molecule has 0 heterocycles. The van der Waals surface area contributed by atoms with Crippen molar-refractivity contribution in [2.75, 3.05) is 13.2 Å². The molecule has 0 saturated heterocycles. The van der Waals surface area contributed by atoms with E-state index in [2.05, 4.69) is 13.8 Å². The first kappa shape index (κ1) is 12.0. The van der Waals surface area contributed by atoms with Crippen LogP contribution in [0.15, 0.2) is 0 Å². The number of aliphatic hydroxyl groups excluding tert-OH is 1. The first-order valence-electron chi connectivity index (χ1n) is 5.95. The predicted octanol–water partition coefficient (Wildman–Crippen LogP) is 2.46. The number of rotatable bonds is 4. The van der Waals surface area contributed by atoms with E-state index < -0.39 is 0 Å². The molecule has 0 amide bonds. The van der Waals surface area contributed by atoms with Gasteiger partial charge in [-0.1, -0.05) is 20.3 Å². The summed E-state index contributed by atoms with van der Waals surface area (Å²) in [6.07, 6.45) is 3.79. The van der Waals surface area contributed by atoms with E-state index in [9.17, 15) is 5.11 Å². The molecule has 0 aromatic carbocycles. The summed E-state index contributed by atoms with van der Waals surface area (Å²) >= 11 is 0. The fourth-order valence-electron chi connectivity index (χ4n) is 2.70. The SMILES string of the molecule is CCOC1CC(C)C(CC)CC1CO. The number of ether oxygens (including phenoxy) is 1. The van der Waals surface area contributed by atoms with Crippen LogP contribution in [0.3, 0.4) is 0 Å². The molecular weight excluding hydrogens is 176 g/mol. The third-order valence-corrected chi connectivity index (χ3v) is 3.68. The topological polar surface area (TPSA) is 29.5 Å². The highest BCUT2D eigenvalue weighted by Gasteiger charge is 2.33. The van der Waals surface area contributed by atoms with Crippen LogP contribution in [0.2, 0.25) is 0 Å². The average Bonchev–Trinajstić information content (AvgIpc) is 2.19. The van der Waals surface area contributed by atoms with Crippen LogP contribution >= 0.6 is 0 Å². The van der Waals surface area contributed by atoms with Gasteiger partial charge in [0.15, 0.2) is 0 Å². The number of hydrogen-bond donors (Lipinski definition) is 1. The van der Waals surface area contributed by atoms with Gasteiger partial charge in [-0.25, -0.2) is 0 Å². The van der Waals surface area contributed by atoms with Crippen LogP contribution in [0.4, 0.5) is 0 Å². The molecule has 2 nitrogen and oxygen atoms in total. The maximum absolute atomic E-state index is 9.31. The molecule has 1 saturated carbocycles. The molecule has 0 aromatic heterocycles. The summed E-state index contributed by atoms with van der Waals surface area (Å²) in [6, 6.07) is 0. The largest absolute Gasteiger partial charge is 0.396 e. The maximum atomic E-state index is 9.31. The third kappa shape index (κ3) is 2.71. The lowest BCUT2D eigenvalue weighted by Crippen LogP contribution is -2.37. The van der Waals surface area contributed by atoms with E-state index in [0.29, 0.717) is 12.0 Å². The van der Waals surface area contributed by atoms with Crippen molar-refractivity contribution in [1.82, 2.24) is 0 Å². The van der Waals surface area contributed by atoms with Gasteiger partial charge in [-0.2, -0.15) is 0 Å². The van der Waals surface area contributed by atoms with Gasteiger partial charge in [-0.15, -0.1) is 0 Å². The van der Waals surface area contributed by atoms with Crippen molar-refractivity contribution < 1.29 is 9.84 Å². The van der Waals surface area contributed by atoms with Crippen molar-refractivity contribution in [3.05, 3.63) is 0 Å². The van der Waals surface area contributed by atoms with Crippen molar-refractivity contribution in [1.29, 1.82) is 0 Å². The van der Waals surface area contributed by atoms with Crippen molar-refractivity contribution in [3.8, 4) is 0 Å². The smallest absolute Gasteiger partial charge is 0.0627 e. The first-order valence-corrected chi connectivity index (χ1v) is 5.95. The van der Waals surface area contributed by atoms with Gasteiger partial charge in [0.1, 0.15) is 0 Å². The zero-order chi connectivity index (χ0) is 10.6. The summed E-state index contributed by atoms with van der Waals surface area (Å²) < 4.78 is 5.69. The van der Waals surface area contributed by atoms with Gasteiger partial charge in [0.2, 0.25) is 0 Å². The van der Waals surface area contributed by atoms with Crippen LogP contribution < -0.4 is 0 Å². The molecular formula is C12H24O2. The number of aliphatic hydroxyl groups is 1. The minimum Gasteiger partial charge on any atom is -0.396 e. The molecule has 0 aliphatic heterocycles. The van der Waals surface area contributed by atoms with Gasteiger partial charge in [-0.3, -0.25) is 0 Å². The van der Waals surface area contributed by atoms with Gasteiger partial charge in [-0.05, 0) is 31.6 Å². The van der Waals surface area contributed by atoms with E-state index >= 15 is 0 Å². The highest BCUT2D eigenvalue weighted by atomic mass is 16.5. The summed E-state index contributed by atoms with van der Waals surface area (Å²) in [5.74, 6) is 1.90. The van der Waals surface area contributed by atoms with Crippen molar-refractivity contribution >= 4 is 0 Å². The van der Waals surface area contributed by atoms with Crippen LogP contribution in [-0.4, -0.2) is 24.4 Å². The Morgan fingerprint density at radius 2 is 1.93 bits per heavy atom. The Morgan fingerprint density at radius 3 is 2.43 bits per heavy atom. The van der Waals surface area contributed by atoms with E-state index in [1.165, 1.54) is 6.42 Å². The van der Waals surface area contributed by atoms with Gasteiger partial charge < -0.3 is 9.84 Å². The Kier molecular flexibility index (Phi) is 4.90. The monoisotopic (exact) mass is 200 g/mol. The molecule has 0 bridgehead atoms. The van der Waals surface area contributed by atoms with Gasteiger partial charge in [0, 0.05) is 19.1 Å². The normalized spacial score (nSPS) is 38.6. The molecule has 0 radical (unpaired) electrons. The van der Waals surface area contributed by atoms with Crippen molar-refractivity contribution in [2.24, 2.45) is 17.8 Å². The van der Waals surface area contributed by atoms with Crippen LogP contribution in [0.1, 0.15) is 40.0 Å². The Morgan fingerprint density at radius 1 is 1.21 bits per heavy atom. The molecule has 1 aliphatic rings.